The van der Waals surface area contributed by atoms with Crippen molar-refractivity contribution >= 4 is 17.5 Å². The van der Waals surface area contributed by atoms with E-state index in [1.807, 2.05) is 26.0 Å². The Balaban J connectivity index is 2.20. The molecule has 1 aromatic carbocycles. The van der Waals surface area contributed by atoms with Crippen molar-refractivity contribution in [1.29, 1.82) is 0 Å². The number of rotatable bonds is 5. The monoisotopic (exact) mass is 283 g/mol. The van der Waals surface area contributed by atoms with E-state index in [9.17, 15) is 4.79 Å². The highest BCUT2D eigenvalue weighted by Gasteiger charge is 2.21. The van der Waals surface area contributed by atoms with E-state index in [-0.39, 0.29) is 17.9 Å². The molecule has 0 aliphatic carbocycles. The summed E-state index contributed by atoms with van der Waals surface area (Å²) in [5, 5.41) is 2.74. The molecule has 1 heterocycles. The number of hydrogen-bond donors (Lipinski definition) is 1. The zero-order valence-corrected chi connectivity index (χ0v) is 11.9. The number of fused-ring (bicyclic) bond motifs is 1. The first-order valence-corrected chi connectivity index (χ1v) is 6.95. The zero-order chi connectivity index (χ0) is 13.8. The number of nitrogens with one attached hydrogen (secondary N) is 1. The summed E-state index contributed by atoms with van der Waals surface area (Å²) in [4.78, 5) is 11.2. The van der Waals surface area contributed by atoms with E-state index in [0.717, 1.165) is 29.0 Å². The van der Waals surface area contributed by atoms with Gasteiger partial charge in [-0.05, 0) is 26.0 Å². The average Bonchev–Trinajstić information content (AvgIpc) is 2.75. The molecule has 1 amide bonds. The molecule has 104 valence electrons. The molecular weight excluding hydrogens is 266 g/mol. The van der Waals surface area contributed by atoms with Crippen LogP contribution in [0, 0.1) is 0 Å². The highest BCUT2D eigenvalue weighted by molar-refractivity contribution is 6.27. The molecule has 1 aliphatic rings. The van der Waals surface area contributed by atoms with Crippen LogP contribution in [0.3, 0.4) is 0 Å². The standard InChI is InChI=1S/C14H18ClNO3/c1-3-18-12-5-10-4-9(2)19-13(10)6-11(12)8-16-14(17)7-15/h5-6,9H,3-4,7-8H2,1-2H3,(H,16,17). The molecule has 19 heavy (non-hydrogen) atoms. The van der Waals surface area contributed by atoms with Gasteiger partial charge in [0.2, 0.25) is 5.91 Å². The Labute approximate surface area is 118 Å². The Morgan fingerprint density at radius 2 is 2.37 bits per heavy atom. The third-order valence-electron chi connectivity index (χ3n) is 2.98. The minimum absolute atomic E-state index is 0.0392. The van der Waals surface area contributed by atoms with Crippen LogP contribution in [-0.2, 0) is 17.8 Å². The molecular formula is C14H18ClNO3. The van der Waals surface area contributed by atoms with Crippen LogP contribution in [0.25, 0.3) is 0 Å². The molecule has 0 bridgehead atoms. The van der Waals surface area contributed by atoms with Crippen LogP contribution in [0.5, 0.6) is 11.5 Å². The summed E-state index contributed by atoms with van der Waals surface area (Å²) < 4.78 is 11.3. The van der Waals surface area contributed by atoms with Gasteiger partial charge in [0.15, 0.2) is 0 Å². The SMILES string of the molecule is CCOc1cc2c(cc1CNC(=O)CCl)OC(C)C2. The number of hydrogen-bond acceptors (Lipinski definition) is 3. The first-order valence-electron chi connectivity index (χ1n) is 6.42. The van der Waals surface area contributed by atoms with Gasteiger partial charge in [-0.15, -0.1) is 11.6 Å². The van der Waals surface area contributed by atoms with Crippen LogP contribution in [0.4, 0.5) is 0 Å². The molecule has 5 heteroatoms. The number of ether oxygens (including phenoxy) is 2. The summed E-state index contributed by atoms with van der Waals surface area (Å²) in [5.74, 6) is 1.45. The van der Waals surface area contributed by atoms with Crippen LogP contribution >= 0.6 is 11.6 Å². The maximum atomic E-state index is 11.2. The van der Waals surface area contributed by atoms with Gasteiger partial charge >= 0.3 is 0 Å². The van der Waals surface area contributed by atoms with Crippen molar-refractivity contribution in [1.82, 2.24) is 5.32 Å². The first-order chi connectivity index (χ1) is 9.13. The summed E-state index contributed by atoms with van der Waals surface area (Å²) >= 11 is 5.46. The van der Waals surface area contributed by atoms with E-state index in [4.69, 9.17) is 21.1 Å². The molecule has 1 unspecified atom stereocenters. The normalized spacial score (nSPS) is 16.7. The summed E-state index contributed by atoms with van der Waals surface area (Å²) in [5.41, 5.74) is 2.07. The largest absolute Gasteiger partial charge is 0.494 e. The number of halogens is 1. The van der Waals surface area contributed by atoms with Gasteiger partial charge in [0.05, 0.1) is 6.61 Å². The van der Waals surface area contributed by atoms with Crippen LogP contribution in [0.15, 0.2) is 12.1 Å². The van der Waals surface area contributed by atoms with Gasteiger partial charge in [0, 0.05) is 24.1 Å². The Kier molecular flexibility index (Phi) is 4.53. The van der Waals surface area contributed by atoms with Crippen LogP contribution in [0.1, 0.15) is 25.0 Å². The first kappa shape index (κ1) is 14.0. The number of alkyl halides is 1. The summed E-state index contributed by atoms with van der Waals surface area (Å²) in [6.45, 7) is 4.96. The minimum Gasteiger partial charge on any atom is -0.494 e. The molecule has 1 atom stereocenters. The van der Waals surface area contributed by atoms with Gasteiger partial charge in [-0.2, -0.15) is 0 Å². The van der Waals surface area contributed by atoms with Gasteiger partial charge in [0.25, 0.3) is 0 Å². The Morgan fingerprint density at radius 1 is 1.58 bits per heavy atom. The second-order valence-corrected chi connectivity index (χ2v) is 4.81. The second-order valence-electron chi connectivity index (χ2n) is 4.54. The number of benzene rings is 1. The number of carbonyl (C=O) groups is 1. The lowest BCUT2D eigenvalue weighted by atomic mass is 10.1. The van der Waals surface area contributed by atoms with Crippen LogP contribution in [-0.4, -0.2) is 24.5 Å². The van der Waals surface area contributed by atoms with E-state index in [0.29, 0.717) is 13.2 Å². The van der Waals surface area contributed by atoms with Gasteiger partial charge in [-0.3, -0.25) is 4.79 Å². The van der Waals surface area contributed by atoms with E-state index < -0.39 is 0 Å². The molecule has 0 saturated carbocycles. The second kappa shape index (κ2) is 6.15. The lowest BCUT2D eigenvalue weighted by molar-refractivity contribution is -0.118. The predicted octanol–water partition coefficient (Wildman–Crippen LogP) is 2.26. The van der Waals surface area contributed by atoms with E-state index in [2.05, 4.69) is 5.32 Å². The smallest absolute Gasteiger partial charge is 0.235 e. The maximum Gasteiger partial charge on any atom is 0.235 e. The summed E-state index contributed by atoms with van der Waals surface area (Å²) in [7, 11) is 0. The molecule has 2 rings (SSSR count). The van der Waals surface area contributed by atoms with Crippen molar-refractivity contribution in [2.24, 2.45) is 0 Å². The van der Waals surface area contributed by atoms with Crippen molar-refractivity contribution in [3.05, 3.63) is 23.3 Å². The molecule has 0 aromatic heterocycles. The lowest BCUT2D eigenvalue weighted by Crippen LogP contribution is -2.24. The quantitative estimate of drug-likeness (QED) is 0.843. The Morgan fingerprint density at radius 3 is 3.05 bits per heavy atom. The lowest BCUT2D eigenvalue weighted by Gasteiger charge is -2.13. The third-order valence-corrected chi connectivity index (χ3v) is 3.22. The van der Waals surface area contributed by atoms with Gasteiger partial charge in [0.1, 0.15) is 23.5 Å². The molecule has 0 fully saturated rings. The van der Waals surface area contributed by atoms with Gasteiger partial charge in [-0.25, -0.2) is 0 Å². The Hall–Kier alpha value is -1.42. The molecule has 4 nitrogen and oxygen atoms in total. The fraction of sp³-hybridized carbons (Fsp3) is 0.500. The molecule has 0 radical (unpaired) electrons. The molecule has 1 aromatic rings. The van der Waals surface area contributed by atoms with E-state index in [1.54, 1.807) is 0 Å². The molecule has 1 aliphatic heterocycles. The van der Waals surface area contributed by atoms with E-state index >= 15 is 0 Å². The Bertz CT molecular complexity index is 476. The molecule has 1 N–H and O–H groups in total. The van der Waals surface area contributed by atoms with Crippen molar-refractivity contribution in [3.8, 4) is 11.5 Å². The van der Waals surface area contributed by atoms with E-state index in [1.165, 1.54) is 0 Å². The van der Waals surface area contributed by atoms with Gasteiger partial charge < -0.3 is 14.8 Å². The van der Waals surface area contributed by atoms with Crippen molar-refractivity contribution < 1.29 is 14.3 Å². The fourth-order valence-electron chi connectivity index (χ4n) is 2.15. The van der Waals surface area contributed by atoms with Crippen molar-refractivity contribution in [2.45, 2.75) is 32.9 Å². The van der Waals surface area contributed by atoms with Crippen molar-refractivity contribution in [3.63, 3.8) is 0 Å². The maximum absolute atomic E-state index is 11.2. The topological polar surface area (TPSA) is 47.6 Å². The summed E-state index contributed by atoms with van der Waals surface area (Å²) in [6, 6.07) is 3.95. The number of amides is 1. The highest BCUT2D eigenvalue weighted by atomic mass is 35.5. The third kappa shape index (κ3) is 3.32. The zero-order valence-electron chi connectivity index (χ0n) is 11.2. The number of carbonyl (C=O) groups excluding carboxylic acids is 1. The van der Waals surface area contributed by atoms with Crippen molar-refractivity contribution in [2.75, 3.05) is 12.5 Å². The minimum atomic E-state index is -0.195. The molecule has 0 saturated heterocycles. The molecule has 0 spiro atoms. The summed E-state index contributed by atoms with van der Waals surface area (Å²) in [6.07, 6.45) is 1.08. The van der Waals surface area contributed by atoms with Gasteiger partial charge in [-0.1, -0.05) is 0 Å². The highest BCUT2D eigenvalue weighted by Crippen LogP contribution is 2.35. The van der Waals surface area contributed by atoms with Crippen LogP contribution < -0.4 is 14.8 Å². The fourth-order valence-corrected chi connectivity index (χ4v) is 2.25. The van der Waals surface area contributed by atoms with Crippen LogP contribution in [0.2, 0.25) is 0 Å². The average molecular weight is 284 g/mol. The predicted molar refractivity (Wildman–Crippen MR) is 74.0 cm³/mol.